The monoisotopic (exact) mass is 390 g/mol. The Kier molecular flexibility index (Phi) is 6.98. The lowest BCUT2D eigenvalue weighted by Gasteiger charge is -2.18. The van der Waals surface area contributed by atoms with Gasteiger partial charge in [0.1, 0.15) is 5.75 Å². The van der Waals surface area contributed by atoms with Crippen molar-refractivity contribution >= 4 is 15.9 Å². The zero-order valence-corrected chi connectivity index (χ0v) is 16.8. The molecule has 146 valence electrons. The van der Waals surface area contributed by atoms with Gasteiger partial charge in [-0.2, -0.15) is 0 Å². The molecule has 0 bridgehead atoms. The third-order valence-electron chi connectivity index (χ3n) is 4.11. The van der Waals surface area contributed by atoms with Gasteiger partial charge in [0.25, 0.3) is 5.91 Å². The van der Waals surface area contributed by atoms with Crippen LogP contribution in [0.3, 0.4) is 0 Å². The quantitative estimate of drug-likeness (QED) is 0.702. The van der Waals surface area contributed by atoms with Gasteiger partial charge in [-0.25, -0.2) is 13.6 Å². The Morgan fingerprint density at radius 2 is 1.81 bits per heavy atom. The summed E-state index contributed by atoms with van der Waals surface area (Å²) in [7, 11) is -0.828. The van der Waals surface area contributed by atoms with Gasteiger partial charge in [0.2, 0.25) is 10.0 Å². The Morgan fingerprint density at radius 1 is 1.15 bits per heavy atom. The van der Waals surface area contributed by atoms with Gasteiger partial charge in [-0.1, -0.05) is 43.7 Å². The number of rotatable bonds is 8. The van der Waals surface area contributed by atoms with Gasteiger partial charge in [0, 0.05) is 31.6 Å². The molecule has 0 atom stereocenters. The second-order valence-electron chi connectivity index (χ2n) is 6.56. The Bertz CT molecular complexity index is 894. The summed E-state index contributed by atoms with van der Waals surface area (Å²) in [6.45, 7) is 2.47. The number of carbonyl (C=O) groups excluding carboxylic acids is 1. The molecular formula is C20H26N2O4S. The van der Waals surface area contributed by atoms with E-state index in [1.165, 1.54) is 11.0 Å². The van der Waals surface area contributed by atoms with E-state index in [1.807, 2.05) is 37.3 Å². The molecule has 6 nitrogen and oxygen atoms in total. The number of unbranched alkanes of at least 4 members (excludes halogenated alkanes) is 1. The summed E-state index contributed by atoms with van der Waals surface area (Å²) in [5.41, 5.74) is 1.62. The molecule has 0 spiro atoms. The van der Waals surface area contributed by atoms with Gasteiger partial charge in [-0.15, -0.1) is 0 Å². The van der Waals surface area contributed by atoms with Crippen molar-refractivity contribution in [3.05, 3.63) is 59.2 Å². The third-order valence-corrected chi connectivity index (χ3v) is 5.08. The topological polar surface area (TPSA) is 89.7 Å². The molecule has 0 saturated carbocycles. The Balaban J connectivity index is 2.63. The molecule has 0 heterocycles. The SMILES string of the molecule is CCCCOc1cc(C(=O)N(C)C)cc(S(N)(=O)=O)c1Cc1ccccc1. The zero-order chi connectivity index (χ0) is 20.0. The van der Waals surface area contributed by atoms with Crippen molar-refractivity contribution in [3.63, 3.8) is 0 Å². The lowest BCUT2D eigenvalue weighted by Crippen LogP contribution is -2.23. The second-order valence-corrected chi connectivity index (χ2v) is 8.09. The number of carbonyl (C=O) groups is 1. The van der Waals surface area contributed by atoms with E-state index >= 15 is 0 Å². The fourth-order valence-corrected chi connectivity index (χ4v) is 3.49. The Labute approximate surface area is 161 Å². The average Bonchev–Trinajstić information content (AvgIpc) is 2.62. The molecule has 0 aliphatic heterocycles. The van der Waals surface area contributed by atoms with Gasteiger partial charge in [-0.3, -0.25) is 4.79 Å². The first-order chi connectivity index (χ1) is 12.7. The van der Waals surface area contributed by atoms with Crippen molar-refractivity contribution in [3.8, 4) is 5.75 Å². The zero-order valence-electron chi connectivity index (χ0n) is 15.9. The molecule has 0 aromatic heterocycles. The standard InChI is InChI=1S/C20H26N2O4S/c1-4-5-11-26-18-13-16(20(23)22(2)3)14-19(27(21,24)25)17(18)12-15-9-7-6-8-10-15/h6-10,13-14H,4-5,11-12H2,1-3H3,(H2,21,24,25). The maximum absolute atomic E-state index is 12.4. The predicted molar refractivity (Wildman–Crippen MR) is 105 cm³/mol. The maximum atomic E-state index is 12.4. The van der Waals surface area contributed by atoms with Gasteiger partial charge >= 0.3 is 0 Å². The molecule has 0 radical (unpaired) electrons. The van der Waals surface area contributed by atoms with Crippen molar-refractivity contribution in [1.82, 2.24) is 4.90 Å². The van der Waals surface area contributed by atoms with E-state index in [0.717, 1.165) is 18.4 Å². The molecule has 2 rings (SSSR count). The van der Waals surface area contributed by atoms with E-state index in [4.69, 9.17) is 9.88 Å². The van der Waals surface area contributed by atoms with E-state index < -0.39 is 10.0 Å². The van der Waals surface area contributed by atoms with Crippen molar-refractivity contribution in [1.29, 1.82) is 0 Å². The van der Waals surface area contributed by atoms with Crippen LogP contribution < -0.4 is 9.88 Å². The van der Waals surface area contributed by atoms with Crippen LogP contribution >= 0.6 is 0 Å². The van der Waals surface area contributed by atoms with Crippen molar-refractivity contribution < 1.29 is 17.9 Å². The first-order valence-corrected chi connectivity index (χ1v) is 10.4. The average molecular weight is 391 g/mol. The summed E-state index contributed by atoms with van der Waals surface area (Å²) in [4.78, 5) is 13.7. The highest BCUT2D eigenvalue weighted by Gasteiger charge is 2.23. The number of amides is 1. The Hall–Kier alpha value is -2.38. The number of hydrogen-bond donors (Lipinski definition) is 1. The predicted octanol–water partition coefficient (Wildman–Crippen LogP) is 2.81. The molecule has 0 saturated heterocycles. The van der Waals surface area contributed by atoms with Crippen LogP contribution in [0.5, 0.6) is 5.75 Å². The number of ether oxygens (including phenoxy) is 1. The maximum Gasteiger partial charge on any atom is 0.253 e. The summed E-state index contributed by atoms with van der Waals surface area (Å²) in [6, 6.07) is 12.4. The van der Waals surface area contributed by atoms with Gasteiger partial charge in [0.05, 0.1) is 11.5 Å². The van der Waals surface area contributed by atoms with Crippen LogP contribution in [0, 0.1) is 0 Å². The molecule has 0 fully saturated rings. The molecule has 2 aromatic carbocycles. The number of nitrogens with two attached hydrogens (primary N) is 1. The van der Waals surface area contributed by atoms with Crippen molar-refractivity contribution in [2.45, 2.75) is 31.1 Å². The molecule has 0 aliphatic rings. The largest absolute Gasteiger partial charge is 0.493 e. The van der Waals surface area contributed by atoms with E-state index in [9.17, 15) is 13.2 Å². The number of benzene rings is 2. The highest BCUT2D eigenvalue weighted by Crippen LogP contribution is 2.31. The second kappa shape index (κ2) is 9.01. The van der Waals surface area contributed by atoms with Crippen LogP contribution in [0.15, 0.2) is 47.4 Å². The third kappa shape index (κ3) is 5.55. The van der Waals surface area contributed by atoms with Gasteiger partial charge in [0.15, 0.2) is 0 Å². The molecule has 7 heteroatoms. The molecule has 0 unspecified atom stereocenters. The van der Waals surface area contributed by atoms with Crippen molar-refractivity contribution in [2.75, 3.05) is 20.7 Å². The lowest BCUT2D eigenvalue weighted by atomic mass is 10.0. The number of sulfonamides is 1. The normalized spacial score (nSPS) is 11.3. The first-order valence-electron chi connectivity index (χ1n) is 8.82. The fraction of sp³-hybridized carbons (Fsp3) is 0.350. The van der Waals surface area contributed by atoms with Gasteiger partial charge in [-0.05, 0) is 24.1 Å². The van der Waals surface area contributed by atoms with Crippen LogP contribution in [0.4, 0.5) is 0 Å². The minimum absolute atomic E-state index is 0.0782. The molecule has 27 heavy (non-hydrogen) atoms. The molecule has 0 aliphatic carbocycles. The summed E-state index contributed by atoms with van der Waals surface area (Å²) in [5, 5.41) is 5.47. The van der Waals surface area contributed by atoms with Crippen LogP contribution in [-0.2, 0) is 16.4 Å². The number of primary sulfonamides is 1. The van der Waals surface area contributed by atoms with E-state index in [0.29, 0.717) is 24.3 Å². The first kappa shape index (κ1) is 20.9. The summed E-state index contributed by atoms with van der Waals surface area (Å²) in [6.07, 6.45) is 2.10. The molecule has 2 N–H and O–H groups in total. The fourth-order valence-electron chi connectivity index (χ4n) is 2.68. The summed E-state index contributed by atoms with van der Waals surface area (Å²) < 4.78 is 30.4. The van der Waals surface area contributed by atoms with E-state index in [2.05, 4.69) is 0 Å². The van der Waals surface area contributed by atoms with Crippen LogP contribution in [0.2, 0.25) is 0 Å². The van der Waals surface area contributed by atoms with E-state index in [-0.39, 0.29) is 16.4 Å². The highest BCUT2D eigenvalue weighted by molar-refractivity contribution is 7.89. The summed E-state index contributed by atoms with van der Waals surface area (Å²) >= 11 is 0. The lowest BCUT2D eigenvalue weighted by molar-refractivity contribution is 0.0827. The van der Waals surface area contributed by atoms with Crippen LogP contribution in [0.1, 0.15) is 41.3 Å². The Morgan fingerprint density at radius 3 is 2.37 bits per heavy atom. The smallest absolute Gasteiger partial charge is 0.253 e. The van der Waals surface area contributed by atoms with Crippen LogP contribution in [-0.4, -0.2) is 39.9 Å². The van der Waals surface area contributed by atoms with Crippen LogP contribution in [0.25, 0.3) is 0 Å². The highest BCUT2D eigenvalue weighted by atomic mass is 32.2. The van der Waals surface area contributed by atoms with Crippen molar-refractivity contribution in [2.24, 2.45) is 5.14 Å². The minimum atomic E-state index is -4.04. The number of hydrogen-bond acceptors (Lipinski definition) is 4. The molecule has 1 amide bonds. The summed E-state index contributed by atoms with van der Waals surface area (Å²) in [5.74, 6) is 0.0653. The molecular weight excluding hydrogens is 364 g/mol. The number of nitrogens with zero attached hydrogens (tertiary/aromatic N) is 1. The van der Waals surface area contributed by atoms with Gasteiger partial charge < -0.3 is 9.64 Å². The van der Waals surface area contributed by atoms with E-state index in [1.54, 1.807) is 20.2 Å². The molecule has 2 aromatic rings. The minimum Gasteiger partial charge on any atom is -0.493 e.